The van der Waals surface area contributed by atoms with Gasteiger partial charge in [-0.1, -0.05) is 0 Å². The summed E-state index contributed by atoms with van der Waals surface area (Å²) >= 11 is 0. The van der Waals surface area contributed by atoms with Gasteiger partial charge in [-0.2, -0.15) is 5.26 Å². The van der Waals surface area contributed by atoms with Crippen LogP contribution in [0.4, 0.5) is 5.82 Å². The first-order valence-corrected chi connectivity index (χ1v) is 7.24. The predicted molar refractivity (Wildman–Crippen MR) is 76.6 cm³/mol. The molecule has 0 saturated carbocycles. The lowest BCUT2D eigenvalue weighted by Crippen LogP contribution is -2.50. The highest BCUT2D eigenvalue weighted by molar-refractivity contribution is 5.57. The molecule has 106 valence electrons. The van der Waals surface area contributed by atoms with Crippen LogP contribution in [0.1, 0.15) is 30.2 Å². The third-order valence-corrected chi connectivity index (χ3v) is 4.13. The summed E-state index contributed by atoms with van der Waals surface area (Å²) in [5, 5.41) is 9.38. The topological polar surface area (TPSA) is 75.2 Å². The van der Waals surface area contributed by atoms with Crippen molar-refractivity contribution in [1.82, 2.24) is 4.98 Å². The van der Waals surface area contributed by atoms with Gasteiger partial charge >= 0.3 is 0 Å². The number of pyridine rings is 1. The quantitative estimate of drug-likeness (QED) is 0.869. The number of aryl methyl sites for hydroxylation is 2. The maximum Gasteiger partial charge on any atom is 0.147 e. The van der Waals surface area contributed by atoms with Crippen molar-refractivity contribution >= 4 is 5.82 Å². The fraction of sp³-hybridized carbons (Fsp3) is 0.600. The van der Waals surface area contributed by atoms with E-state index >= 15 is 0 Å². The summed E-state index contributed by atoms with van der Waals surface area (Å²) in [5.74, 6) is 0.808. The van der Waals surface area contributed by atoms with Crippen LogP contribution in [0, 0.1) is 11.3 Å². The first kappa shape index (κ1) is 13.3. The van der Waals surface area contributed by atoms with Gasteiger partial charge in [-0.15, -0.1) is 0 Å². The Balaban J connectivity index is 1.91. The highest BCUT2D eigenvalue weighted by Crippen LogP contribution is 2.28. The van der Waals surface area contributed by atoms with Crippen molar-refractivity contribution in [1.29, 1.82) is 5.26 Å². The second-order valence-corrected chi connectivity index (χ2v) is 5.65. The minimum atomic E-state index is -0.0160. The Morgan fingerprint density at radius 3 is 3.15 bits per heavy atom. The molecule has 0 aromatic carbocycles. The maximum absolute atomic E-state index is 9.38. The van der Waals surface area contributed by atoms with Crippen LogP contribution in [0.2, 0.25) is 0 Å². The van der Waals surface area contributed by atoms with E-state index in [1.54, 1.807) is 0 Å². The Kier molecular flexibility index (Phi) is 3.60. The molecule has 2 heterocycles. The van der Waals surface area contributed by atoms with E-state index in [2.05, 4.69) is 11.0 Å². The average Bonchev–Trinajstić information content (AvgIpc) is 2.93. The molecule has 1 fully saturated rings. The molecule has 2 aliphatic rings. The molecule has 1 aromatic rings. The molecule has 0 amide bonds. The fourth-order valence-electron chi connectivity index (χ4n) is 2.97. The number of rotatable bonds is 2. The summed E-state index contributed by atoms with van der Waals surface area (Å²) in [5.41, 5.74) is 9.00. The van der Waals surface area contributed by atoms with Gasteiger partial charge in [0.2, 0.25) is 0 Å². The smallest absolute Gasteiger partial charge is 0.147 e. The number of anilines is 1. The average molecular weight is 272 g/mol. The Morgan fingerprint density at radius 1 is 1.55 bits per heavy atom. The number of nitrogens with zero attached hydrogens (tertiary/aromatic N) is 3. The Morgan fingerprint density at radius 2 is 2.40 bits per heavy atom. The maximum atomic E-state index is 9.38. The van der Waals surface area contributed by atoms with Crippen molar-refractivity contribution in [2.75, 3.05) is 24.6 Å². The van der Waals surface area contributed by atoms with Crippen molar-refractivity contribution < 1.29 is 4.74 Å². The molecule has 1 saturated heterocycles. The van der Waals surface area contributed by atoms with Crippen molar-refractivity contribution in [3.05, 3.63) is 22.9 Å². The third-order valence-electron chi connectivity index (χ3n) is 4.13. The van der Waals surface area contributed by atoms with E-state index in [4.69, 9.17) is 15.5 Å². The summed E-state index contributed by atoms with van der Waals surface area (Å²) in [6.07, 6.45) is 3.21. The van der Waals surface area contributed by atoms with Crippen LogP contribution in [0.5, 0.6) is 0 Å². The standard InChI is InChI=1S/C15H20N4O/c1-10(17)14-9-19(5-6-20-14)15-12(8-16)7-11-3-2-4-13(11)18-15/h7,10,14H,2-6,9,17H2,1H3. The van der Waals surface area contributed by atoms with E-state index in [1.165, 1.54) is 5.56 Å². The van der Waals surface area contributed by atoms with Crippen LogP contribution in [-0.4, -0.2) is 36.8 Å². The normalized spacial score (nSPS) is 23.2. The highest BCUT2D eigenvalue weighted by atomic mass is 16.5. The van der Waals surface area contributed by atoms with Crippen LogP contribution in [0.15, 0.2) is 6.07 Å². The van der Waals surface area contributed by atoms with Crippen LogP contribution < -0.4 is 10.6 Å². The van der Waals surface area contributed by atoms with Gasteiger partial charge in [0.15, 0.2) is 0 Å². The molecule has 2 atom stereocenters. The molecule has 0 bridgehead atoms. The predicted octanol–water partition coefficient (Wildman–Crippen LogP) is 0.994. The number of hydrogen-bond acceptors (Lipinski definition) is 5. The van der Waals surface area contributed by atoms with Gasteiger partial charge in [-0.3, -0.25) is 0 Å². The molecule has 2 unspecified atom stereocenters. The van der Waals surface area contributed by atoms with E-state index in [0.717, 1.165) is 37.3 Å². The molecule has 1 aliphatic carbocycles. The first-order valence-electron chi connectivity index (χ1n) is 7.24. The molecule has 20 heavy (non-hydrogen) atoms. The van der Waals surface area contributed by atoms with E-state index < -0.39 is 0 Å². The van der Waals surface area contributed by atoms with Gasteiger partial charge in [0, 0.05) is 24.8 Å². The van der Waals surface area contributed by atoms with Crippen LogP contribution in [0.3, 0.4) is 0 Å². The zero-order valence-electron chi connectivity index (χ0n) is 11.8. The Bertz CT molecular complexity index is 550. The number of morpholine rings is 1. The van der Waals surface area contributed by atoms with Crippen molar-refractivity contribution in [2.45, 2.75) is 38.3 Å². The number of aromatic nitrogens is 1. The third kappa shape index (κ3) is 2.37. The molecule has 1 aliphatic heterocycles. The van der Waals surface area contributed by atoms with Gasteiger partial charge in [-0.05, 0) is 37.8 Å². The lowest BCUT2D eigenvalue weighted by molar-refractivity contribution is 0.0273. The zero-order chi connectivity index (χ0) is 14.1. The number of nitrogens with two attached hydrogens (primary N) is 1. The minimum absolute atomic E-state index is 0.00495. The molecule has 3 rings (SSSR count). The fourth-order valence-corrected chi connectivity index (χ4v) is 2.97. The number of fused-ring (bicyclic) bond motifs is 1. The summed E-state index contributed by atoms with van der Waals surface area (Å²) in [6.45, 7) is 4.06. The van der Waals surface area contributed by atoms with Crippen molar-refractivity contribution in [3.63, 3.8) is 0 Å². The number of nitriles is 1. The zero-order valence-corrected chi connectivity index (χ0v) is 11.8. The highest BCUT2D eigenvalue weighted by Gasteiger charge is 2.27. The Hall–Kier alpha value is -1.64. The van der Waals surface area contributed by atoms with Gasteiger partial charge in [0.05, 0.1) is 18.3 Å². The lowest BCUT2D eigenvalue weighted by atomic mass is 10.1. The molecular formula is C15H20N4O. The summed E-state index contributed by atoms with van der Waals surface area (Å²) in [4.78, 5) is 6.90. The molecule has 0 radical (unpaired) electrons. The van der Waals surface area contributed by atoms with E-state index in [9.17, 15) is 5.26 Å². The molecule has 5 nitrogen and oxygen atoms in total. The van der Waals surface area contributed by atoms with Crippen molar-refractivity contribution in [2.24, 2.45) is 5.73 Å². The SMILES string of the molecule is CC(N)C1CN(c2nc3c(cc2C#N)CCC3)CCO1. The summed E-state index contributed by atoms with van der Waals surface area (Å²) in [7, 11) is 0. The van der Waals surface area contributed by atoms with Gasteiger partial charge in [0.1, 0.15) is 11.9 Å². The largest absolute Gasteiger partial charge is 0.373 e. The first-order chi connectivity index (χ1) is 9.69. The molecule has 5 heteroatoms. The number of ether oxygens (including phenoxy) is 1. The second kappa shape index (κ2) is 5.39. The van der Waals surface area contributed by atoms with Gasteiger partial charge in [-0.25, -0.2) is 4.98 Å². The van der Waals surface area contributed by atoms with Crippen LogP contribution >= 0.6 is 0 Å². The van der Waals surface area contributed by atoms with Crippen LogP contribution in [0.25, 0.3) is 0 Å². The second-order valence-electron chi connectivity index (χ2n) is 5.65. The molecule has 0 spiro atoms. The van der Waals surface area contributed by atoms with E-state index in [-0.39, 0.29) is 12.1 Å². The molecular weight excluding hydrogens is 252 g/mol. The number of hydrogen-bond donors (Lipinski definition) is 1. The Labute approximate surface area is 119 Å². The van der Waals surface area contributed by atoms with E-state index in [0.29, 0.717) is 18.7 Å². The van der Waals surface area contributed by atoms with Gasteiger partial charge < -0.3 is 15.4 Å². The van der Waals surface area contributed by atoms with Crippen molar-refractivity contribution in [3.8, 4) is 6.07 Å². The molecule has 1 aromatic heterocycles. The molecule has 2 N–H and O–H groups in total. The van der Waals surface area contributed by atoms with Gasteiger partial charge in [0.25, 0.3) is 0 Å². The lowest BCUT2D eigenvalue weighted by Gasteiger charge is -2.36. The monoisotopic (exact) mass is 272 g/mol. The van der Waals surface area contributed by atoms with Crippen LogP contribution in [-0.2, 0) is 17.6 Å². The minimum Gasteiger partial charge on any atom is -0.373 e. The summed E-state index contributed by atoms with van der Waals surface area (Å²) < 4.78 is 5.68. The van der Waals surface area contributed by atoms with E-state index in [1.807, 2.05) is 13.0 Å². The summed E-state index contributed by atoms with van der Waals surface area (Å²) in [6, 6.07) is 4.29.